The van der Waals surface area contributed by atoms with E-state index in [0.717, 1.165) is 7.92 Å². The Morgan fingerprint density at radius 3 is 2.76 bits per heavy atom. The van der Waals surface area contributed by atoms with Crippen molar-refractivity contribution in [3.63, 3.8) is 0 Å². The molecule has 0 spiro atoms. The van der Waals surface area contributed by atoms with E-state index >= 15 is 0 Å². The second-order valence-electron chi connectivity index (χ2n) is 3.08. The maximum atomic E-state index is 11.6. The van der Waals surface area contributed by atoms with E-state index in [4.69, 9.17) is 14.2 Å². The van der Waals surface area contributed by atoms with Crippen LogP contribution < -0.4 is 9.09 Å². The number of hydrogen-bond donors (Lipinski definition) is 0. The molecule has 0 aliphatic carbocycles. The Hall–Kier alpha value is -0.262. The third kappa shape index (κ3) is 4.15. The molecule has 0 fully saturated rings. The molecule has 0 bridgehead atoms. The number of hydrogen-bond acceptors (Lipinski definition) is 4. The zero-order valence-corrected chi connectivity index (χ0v) is 13.6. The van der Waals surface area contributed by atoms with Crippen molar-refractivity contribution in [1.82, 2.24) is 0 Å². The minimum atomic E-state index is -0.347. The van der Waals surface area contributed by atoms with Gasteiger partial charge in [0.05, 0.1) is 0 Å². The molecule has 0 N–H and O–H groups in total. The Bertz CT molecular complexity index is 409. The number of ether oxygens (including phenoxy) is 3. The first kappa shape index (κ1) is 14.8. The van der Waals surface area contributed by atoms with E-state index in [-0.39, 0.29) is 12.8 Å². The van der Waals surface area contributed by atoms with Gasteiger partial charge in [0, 0.05) is 0 Å². The van der Waals surface area contributed by atoms with Gasteiger partial charge in [-0.05, 0) is 0 Å². The molecule has 0 heterocycles. The summed E-state index contributed by atoms with van der Waals surface area (Å²) >= 11 is 4.56. The molecule has 6 heteroatoms. The van der Waals surface area contributed by atoms with Crippen LogP contribution in [0, 0.1) is 3.57 Å². The van der Waals surface area contributed by atoms with E-state index in [1.807, 2.05) is 0 Å². The molecule has 0 amide bonds. The van der Waals surface area contributed by atoms with Gasteiger partial charge in [0.1, 0.15) is 0 Å². The normalized spacial score (nSPS) is 10.1. The van der Waals surface area contributed by atoms with Crippen LogP contribution in [0.5, 0.6) is 5.75 Å². The molecule has 1 rings (SSSR count). The van der Waals surface area contributed by atoms with Crippen molar-refractivity contribution in [3.05, 3.63) is 21.3 Å². The van der Waals surface area contributed by atoms with Gasteiger partial charge < -0.3 is 0 Å². The molecule has 0 atom stereocenters. The summed E-state index contributed by atoms with van der Waals surface area (Å²) in [5, 5.41) is 0. The summed E-state index contributed by atoms with van der Waals surface area (Å²) in [6, 6.07) is 3.43. The average Bonchev–Trinajstić information content (AvgIpc) is 2.31. The second kappa shape index (κ2) is 7.23. The molecule has 0 saturated carbocycles. The van der Waals surface area contributed by atoms with Gasteiger partial charge in [-0.25, -0.2) is 0 Å². The van der Waals surface area contributed by atoms with Crippen LogP contribution in [0.2, 0.25) is 0 Å². The number of rotatable bonds is 5. The topological polar surface area (TPSA) is 44.8 Å². The van der Waals surface area contributed by atoms with E-state index in [9.17, 15) is 4.79 Å². The Balaban J connectivity index is 3.00. The van der Waals surface area contributed by atoms with Gasteiger partial charge in [-0.2, -0.15) is 0 Å². The van der Waals surface area contributed by atoms with Crippen LogP contribution in [0.25, 0.3) is 0 Å². The maximum absolute atomic E-state index is 11.6. The fraction of sp³-hybridized carbons (Fsp3) is 0.364. The first-order valence-electron chi connectivity index (χ1n) is 4.91. The van der Waals surface area contributed by atoms with Gasteiger partial charge in [0.2, 0.25) is 0 Å². The van der Waals surface area contributed by atoms with Crippen molar-refractivity contribution < 1.29 is 19.0 Å². The van der Waals surface area contributed by atoms with Crippen LogP contribution in [-0.2, 0) is 9.47 Å². The Morgan fingerprint density at radius 2 is 2.18 bits per heavy atom. The minimum absolute atomic E-state index is 0.146. The van der Waals surface area contributed by atoms with Crippen LogP contribution >= 0.6 is 22.6 Å². The van der Waals surface area contributed by atoms with Gasteiger partial charge in [-0.1, -0.05) is 0 Å². The Kier molecular flexibility index (Phi) is 6.30. The molecule has 0 saturated heterocycles. The fourth-order valence-electron chi connectivity index (χ4n) is 1.14. The van der Waals surface area contributed by atoms with E-state index in [2.05, 4.69) is 39.4 Å². The number of carbonyl (C=O) groups excluding carboxylic acids is 1. The van der Waals surface area contributed by atoms with Gasteiger partial charge in [-0.15, -0.1) is 0 Å². The molecule has 17 heavy (non-hydrogen) atoms. The van der Waals surface area contributed by atoms with E-state index < -0.39 is 0 Å². The molecular weight excluding hydrogens is 398 g/mol. The van der Waals surface area contributed by atoms with Crippen molar-refractivity contribution in [2.45, 2.75) is 6.92 Å². The third-order valence-electron chi connectivity index (χ3n) is 1.87. The predicted molar refractivity (Wildman–Crippen MR) is 73.0 cm³/mol. The van der Waals surface area contributed by atoms with Gasteiger partial charge in [-0.3, -0.25) is 0 Å². The number of halogens is 1. The summed E-state index contributed by atoms with van der Waals surface area (Å²) in [7, 11) is 1.55. The number of esters is 1. The molecule has 2 radical (unpaired) electrons. The predicted octanol–water partition coefficient (Wildman–Crippen LogP) is 1.24. The third-order valence-corrected chi connectivity index (χ3v) is 4.62. The molecule has 4 nitrogen and oxygen atoms in total. The summed E-state index contributed by atoms with van der Waals surface area (Å²) in [5.41, 5.74) is 0.483. The van der Waals surface area contributed by atoms with Crippen LogP contribution in [-0.4, -0.2) is 43.3 Å². The molecule has 92 valence electrons. The van der Waals surface area contributed by atoms with Crippen LogP contribution in [0.15, 0.2) is 12.1 Å². The van der Waals surface area contributed by atoms with E-state index in [0.29, 0.717) is 17.9 Å². The quantitative estimate of drug-likeness (QED) is 0.318. The second-order valence-corrected chi connectivity index (χ2v) is 5.18. The van der Waals surface area contributed by atoms with Gasteiger partial charge >= 0.3 is 123 Å². The van der Waals surface area contributed by atoms with Crippen LogP contribution in [0.1, 0.15) is 17.3 Å². The molecule has 0 aliphatic rings. The van der Waals surface area contributed by atoms with Crippen molar-refractivity contribution in [2.75, 3.05) is 20.5 Å². The summed E-state index contributed by atoms with van der Waals surface area (Å²) in [6.45, 7) is 2.27. The molecule has 0 aliphatic heterocycles. The van der Waals surface area contributed by atoms with Gasteiger partial charge in [0.25, 0.3) is 0 Å². The van der Waals surface area contributed by atoms with E-state index in [1.165, 1.54) is 0 Å². The summed E-state index contributed by atoms with van der Waals surface area (Å²) in [4.78, 5) is 11.6. The monoisotopic (exact) mass is 410 g/mol. The van der Waals surface area contributed by atoms with Crippen molar-refractivity contribution >= 4 is 49.8 Å². The van der Waals surface area contributed by atoms with E-state index in [1.54, 1.807) is 26.2 Å². The zero-order valence-electron chi connectivity index (χ0n) is 9.53. The standard InChI is InChI=1S/C11H12AsIO4/c1-3-16-11(14)7-4-8(13)10(12)9(5-7)17-6-15-2/h4-5H,3,6H2,1-2H3. The molecule has 0 unspecified atom stereocenters. The Labute approximate surface area is 123 Å². The van der Waals surface area contributed by atoms with Crippen molar-refractivity contribution in [2.24, 2.45) is 0 Å². The zero-order chi connectivity index (χ0) is 12.8. The molecule has 0 aromatic heterocycles. The molecular formula is C11H12AsIO4. The molecule has 1 aromatic rings. The van der Waals surface area contributed by atoms with Crippen LogP contribution in [0.4, 0.5) is 0 Å². The first-order valence-corrected chi connectivity index (χ1v) is 6.93. The molecule has 1 aromatic carbocycles. The summed E-state index contributed by atoms with van der Waals surface area (Å²) in [5.74, 6) is 0.266. The number of carbonyl (C=O) groups is 1. The fourth-order valence-corrected chi connectivity index (χ4v) is 2.15. The summed E-state index contributed by atoms with van der Waals surface area (Å²) < 4.78 is 17.0. The van der Waals surface area contributed by atoms with Crippen molar-refractivity contribution in [3.8, 4) is 5.75 Å². The number of methoxy groups -OCH3 is 1. The Morgan fingerprint density at radius 1 is 1.47 bits per heavy atom. The first-order chi connectivity index (χ1) is 8.10. The SMILES string of the molecule is CCOC(=O)c1cc(I)c([As])c(OCOC)c1. The number of benzene rings is 1. The van der Waals surface area contributed by atoms with Crippen molar-refractivity contribution in [1.29, 1.82) is 0 Å². The van der Waals surface area contributed by atoms with Gasteiger partial charge in [0.15, 0.2) is 0 Å². The van der Waals surface area contributed by atoms with Crippen LogP contribution in [0.3, 0.4) is 0 Å². The average molecular weight is 410 g/mol. The summed E-state index contributed by atoms with van der Waals surface area (Å²) in [6.07, 6.45) is 0.